The lowest BCUT2D eigenvalue weighted by molar-refractivity contribution is -0.127. The number of thioether (sulfide) groups is 1. The number of carbonyl (C=O) groups excluding carboxylic acids is 1. The molecule has 0 unspecified atom stereocenters. The van der Waals surface area contributed by atoms with E-state index in [4.69, 9.17) is 0 Å². The normalized spacial score (nSPS) is 11.3. The maximum absolute atomic E-state index is 13.5. The summed E-state index contributed by atoms with van der Waals surface area (Å²) in [5.41, 5.74) is 4.49. The molecule has 7 nitrogen and oxygen atoms in total. The van der Waals surface area contributed by atoms with E-state index in [0.717, 1.165) is 22.4 Å². The Morgan fingerprint density at radius 2 is 1.71 bits per heavy atom. The van der Waals surface area contributed by atoms with Gasteiger partial charge in [-0.05, 0) is 43.2 Å². The zero-order chi connectivity index (χ0) is 24.5. The molecule has 3 aromatic carbocycles. The van der Waals surface area contributed by atoms with Gasteiger partial charge >= 0.3 is 0 Å². The molecule has 2 heterocycles. The molecule has 0 saturated carbocycles. The van der Waals surface area contributed by atoms with E-state index in [9.17, 15) is 9.59 Å². The van der Waals surface area contributed by atoms with E-state index in [1.54, 1.807) is 16.5 Å². The number of benzene rings is 3. The summed E-state index contributed by atoms with van der Waals surface area (Å²) in [4.78, 5) is 28.1. The molecule has 5 aromatic rings. The first kappa shape index (κ1) is 22.9. The van der Waals surface area contributed by atoms with Crippen LogP contribution in [0.1, 0.15) is 16.7 Å². The van der Waals surface area contributed by atoms with E-state index < -0.39 is 0 Å². The van der Waals surface area contributed by atoms with Crippen molar-refractivity contribution in [3.8, 4) is 5.69 Å². The Morgan fingerprint density at radius 3 is 2.49 bits per heavy atom. The van der Waals surface area contributed by atoms with Gasteiger partial charge < -0.3 is 4.90 Å². The average molecular weight is 484 g/mol. The van der Waals surface area contributed by atoms with Gasteiger partial charge in [0.1, 0.15) is 0 Å². The zero-order valence-electron chi connectivity index (χ0n) is 19.8. The SMILES string of the molecule is Cc1ccc(-n2c(=O)c3ccccc3n3c(SCC(=O)N(C)Cc4ccccc4)nnc23)c(C)c1. The summed E-state index contributed by atoms with van der Waals surface area (Å²) in [6, 6.07) is 23.3. The van der Waals surface area contributed by atoms with Crippen molar-refractivity contribution in [3.63, 3.8) is 0 Å². The predicted octanol–water partition coefficient (Wildman–Crippen LogP) is 4.40. The van der Waals surface area contributed by atoms with Crippen molar-refractivity contribution in [2.24, 2.45) is 0 Å². The highest BCUT2D eigenvalue weighted by Crippen LogP contribution is 2.25. The molecule has 0 radical (unpaired) electrons. The third-order valence-electron chi connectivity index (χ3n) is 6.00. The molecule has 0 N–H and O–H groups in total. The Morgan fingerprint density at radius 1 is 0.971 bits per heavy atom. The second-order valence-electron chi connectivity index (χ2n) is 8.59. The molecule has 0 aliphatic heterocycles. The first-order valence-corrected chi connectivity index (χ1v) is 12.3. The molecular formula is C27H25N5O2S. The smallest absolute Gasteiger partial charge is 0.267 e. The van der Waals surface area contributed by atoms with Crippen LogP contribution in [0.4, 0.5) is 0 Å². The third-order valence-corrected chi connectivity index (χ3v) is 6.91. The largest absolute Gasteiger partial charge is 0.341 e. The van der Waals surface area contributed by atoms with Crippen molar-refractivity contribution >= 4 is 34.3 Å². The summed E-state index contributed by atoms with van der Waals surface area (Å²) in [5, 5.41) is 9.90. The summed E-state index contributed by atoms with van der Waals surface area (Å²) < 4.78 is 3.47. The van der Waals surface area contributed by atoms with Crippen LogP contribution in [-0.2, 0) is 11.3 Å². The number of rotatable bonds is 6. The monoisotopic (exact) mass is 483 g/mol. The van der Waals surface area contributed by atoms with Gasteiger partial charge in [0.05, 0.1) is 22.3 Å². The molecule has 0 aliphatic rings. The Kier molecular flexibility index (Phi) is 6.13. The molecule has 2 aromatic heterocycles. The van der Waals surface area contributed by atoms with Crippen LogP contribution in [0, 0.1) is 13.8 Å². The van der Waals surface area contributed by atoms with E-state index in [1.165, 1.54) is 11.8 Å². The molecule has 35 heavy (non-hydrogen) atoms. The van der Waals surface area contributed by atoms with Crippen LogP contribution in [0.3, 0.4) is 0 Å². The second kappa shape index (κ2) is 9.38. The first-order chi connectivity index (χ1) is 16.9. The van der Waals surface area contributed by atoms with Crippen LogP contribution in [0.2, 0.25) is 0 Å². The molecule has 0 spiro atoms. The third kappa shape index (κ3) is 4.33. The van der Waals surface area contributed by atoms with E-state index in [2.05, 4.69) is 10.2 Å². The van der Waals surface area contributed by atoms with Gasteiger partial charge in [0.25, 0.3) is 5.56 Å². The number of nitrogens with zero attached hydrogens (tertiary/aromatic N) is 5. The molecule has 0 bridgehead atoms. The molecule has 0 saturated heterocycles. The first-order valence-electron chi connectivity index (χ1n) is 11.3. The minimum absolute atomic E-state index is 0.0115. The van der Waals surface area contributed by atoms with E-state index in [1.807, 2.05) is 91.0 Å². The van der Waals surface area contributed by atoms with Crippen molar-refractivity contribution in [1.82, 2.24) is 24.1 Å². The van der Waals surface area contributed by atoms with Crippen molar-refractivity contribution in [1.29, 1.82) is 0 Å². The highest BCUT2D eigenvalue weighted by molar-refractivity contribution is 7.99. The van der Waals surface area contributed by atoms with Crippen molar-refractivity contribution in [2.75, 3.05) is 12.8 Å². The number of hydrogen-bond donors (Lipinski definition) is 0. The summed E-state index contributed by atoms with van der Waals surface area (Å²) >= 11 is 1.32. The standard InChI is InChI=1S/C27H25N5O2S/c1-18-13-14-22(19(2)15-18)31-25(34)21-11-7-8-12-23(21)32-26(31)28-29-27(32)35-17-24(33)30(3)16-20-9-5-4-6-10-20/h4-15H,16-17H2,1-3H3. The van der Waals surface area contributed by atoms with Crippen molar-refractivity contribution < 1.29 is 4.79 Å². The molecule has 1 amide bonds. The summed E-state index contributed by atoms with van der Waals surface area (Å²) in [6.45, 7) is 4.54. The molecule has 0 aliphatic carbocycles. The Labute approximate surface area is 207 Å². The van der Waals surface area contributed by atoms with Gasteiger partial charge in [-0.1, -0.05) is 71.9 Å². The molecular weight excluding hydrogens is 458 g/mol. The van der Waals surface area contributed by atoms with Crippen molar-refractivity contribution in [2.45, 2.75) is 25.5 Å². The fourth-order valence-electron chi connectivity index (χ4n) is 4.23. The number of carbonyl (C=O) groups is 1. The summed E-state index contributed by atoms with van der Waals surface area (Å²) in [7, 11) is 1.80. The number of amides is 1. The van der Waals surface area contributed by atoms with Crippen LogP contribution in [-0.4, -0.2) is 42.8 Å². The quantitative estimate of drug-likeness (QED) is 0.335. The highest BCUT2D eigenvalue weighted by Gasteiger charge is 2.20. The van der Waals surface area contributed by atoms with Crippen LogP contribution in [0.25, 0.3) is 22.4 Å². The van der Waals surface area contributed by atoms with Gasteiger partial charge in [0, 0.05) is 13.6 Å². The number of hydrogen-bond acceptors (Lipinski definition) is 5. The van der Waals surface area contributed by atoms with Gasteiger partial charge in [0.15, 0.2) is 5.16 Å². The molecule has 176 valence electrons. The van der Waals surface area contributed by atoms with Gasteiger partial charge in [-0.15, -0.1) is 10.2 Å². The van der Waals surface area contributed by atoms with Crippen LogP contribution in [0.5, 0.6) is 0 Å². The van der Waals surface area contributed by atoms with Crippen LogP contribution >= 0.6 is 11.8 Å². The van der Waals surface area contributed by atoms with Crippen molar-refractivity contribution in [3.05, 3.63) is 99.8 Å². The fourth-order valence-corrected chi connectivity index (χ4v) is 5.11. The minimum atomic E-state index is -0.150. The van der Waals surface area contributed by atoms with Gasteiger partial charge in [-0.3, -0.25) is 14.0 Å². The van der Waals surface area contributed by atoms with Gasteiger partial charge in [-0.2, -0.15) is 0 Å². The van der Waals surface area contributed by atoms with E-state index in [0.29, 0.717) is 28.4 Å². The predicted molar refractivity (Wildman–Crippen MR) is 139 cm³/mol. The lowest BCUT2D eigenvalue weighted by atomic mass is 10.1. The fraction of sp³-hybridized carbons (Fsp3) is 0.185. The molecule has 5 rings (SSSR count). The molecule has 8 heteroatoms. The number of aryl methyl sites for hydroxylation is 2. The second-order valence-corrected chi connectivity index (χ2v) is 9.53. The Bertz CT molecular complexity index is 1610. The zero-order valence-corrected chi connectivity index (χ0v) is 20.6. The molecule has 0 atom stereocenters. The maximum atomic E-state index is 13.5. The van der Waals surface area contributed by atoms with E-state index in [-0.39, 0.29) is 17.2 Å². The number of para-hydroxylation sites is 1. The molecule has 0 fully saturated rings. The summed E-state index contributed by atoms with van der Waals surface area (Å²) in [6.07, 6.45) is 0. The lowest BCUT2D eigenvalue weighted by Crippen LogP contribution is -2.27. The Balaban J connectivity index is 1.54. The Hall–Kier alpha value is -3.91. The van der Waals surface area contributed by atoms with Crippen LogP contribution in [0.15, 0.2) is 82.7 Å². The van der Waals surface area contributed by atoms with Gasteiger partial charge in [0.2, 0.25) is 11.7 Å². The average Bonchev–Trinajstić information content (AvgIpc) is 3.28. The van der Waals surface area contributed by atoms with E-state index >= 15 is 0 Å². The number of fused-ring (bicyclic) bond motifs is 3. The van der Waals surface area contributed by atoms with Gasteiger partial charge in [-0.25, -0.2) is 4.57 Å². The highest BCUT2D eigenvalue weighted by atomic mass is 32.2. The number of aromatic nitrogens is 4. The minimum Gasteiger partial charge on any atom is -0.341 e. The van der Waals surface area contributed by atoms with Crippen LogP contribution < -0.4 is 5.56 Å². The lowest BCUT2D eigenvalue weighted by Gasteiger charge is -2.17. The summed E-state index contributed by atoms with van der Waals surface area (Å²) in [5.74, 6) is 0.622. The maximum Gasteiger partial charge on any atom is 0.267 e. The topological polar surface area (TPSA) is 72.5 Å².